The maximum Gasteiger partial charge on any atom is 0.339 e. The number of hydrogen-bond acceptors (Lipinski definition) is 5. The Morgan fingerprint density at radius 3 is 2.38 bits per heavy atom. The Morgan fingerprint density at radius 2 is 1.62 bits per heavy atom. The molecule has 0 unspecified atom stereocenters. The summed E-state index contributed by atoms with van der Waals surface area (Å²) in [5, 5.41) is 10.5. The lowest BCUT2D eigenvalue weighted by molar-refractivity contribution is -0.646. The van der Waals surface area contributed by atoms with Crippen LogP contribution in [0.1, 0.15) is 11.3 Å². The number of aromatic hydroxyl groups is 1. The van der Waals surface area contributed by atoms with Gasteiger partial charge in [-0.2, -0.15) is 13.0 Å². The van der Waals surface area contributed by atoms with Gasteiger partial charge in [0.05, 0.1) is 7.11 Å². The molecule has 0 saturated carbocycles. The van der Waals surface area contributed by atoms with Crippen LogP contribution in [0.3, 0.4) is 0 Å². The fourth-order valence-corrected chi connectivity index (χ4v) is 4.28. The SMILES string of the molecule is COc1cc(C=Cc2ccc3ccccc3[n+]2C)ccc1OS(=O)(=O)c1ccc(O)cc1. The second kappa shape index (κ2) is 8.72. The van der Waals surface area contributed by atoms with E-state index in [1.54, 1.807) is 18.2 Å². The van der Waals surface area contributed by atoms with Crippen molar-refractivity contribution in [3.8, 4) is 17.2 Å². The number of hydrogen-bond donors (Lipinski definition) is 1. The monoisotopic (exact) mass is 448 g/mol. The summed E-state index contributed by atoms with van der Waals surface area (Å²) in [5.41, 5.74) is 2.96. The molecule has 0 aliphatic heterocycles. The molecule has 6 nitrogen and oxygen atoms in total. The first kappa shape index (κ1) is 21.4. The first-order chi connectivity index (χ1) is 15.4. The van der Waals surface area contributed by atoms with Gasteiger partial charge in [0.2, 0.25) is 11.2 Å². The summed E-state index contributed by atoms with van der Waals surface area (Å²) >= 11 is 0. The number of phenolic OH excluding ortho intramolecular Hbond substituents is 1. The smallest absolute Gasteiger partial charge is 0.339 e. The molecule has 0 radical (unpaired) electrons. The van der Waals surface area contributed by atoms with Gasteiger partial charge in [-0.3, -0.25) is 0 Å². The minimum atomic E-state index is -4.07. The van der Waals surface area contributed by atoms with Crippen LogP contribution in [-0.2, 0) is 17.2 Å². The van der Waals surface area contributed by atoms with Crippen LogP contribution in [0.15, 0.2) is 83.8 Å². The average Bonchev–Trinajstić information content (AvgIpc) is 2.79. The molecule has 0 aliphatic carbocycles. The number of ether oxygens (including phenoxy) is 1. The number of phenols is 1. The molecule has 32 heavy (non-hydrogen) atoms. The Balaban J connectivity index is 1.60. The van der Waals surface area contributed by atoms with Gasteiger partial charge in [0, 0.05) is 23.6 Å². The van der Waals surface area contributed by atoms with Crippen LogP contribution in [0.25, 0.3) is 23.1 Å². The van der Waals surface area contributed by atoms with Crippen LogP contribution < -0.4 is 13.5 Å². The molecule has 0 spiro atoms. The zero-order valence-corrected chi connectivity index (χ0v) is 18.4. The van der Waals surface area contributed by atoms with Crippen LogP contribution in [0.5, 0.6) is 17.2 Å². The van der Waals surface area contributed by atoms with Gasteiger partial charge in [0.15, 0.2) is 11.5 Å². The predicted octanol–water partition coefficient (Wildman–Crippen LogP) is 4.32. The van der Waals surface area contributed by atoms with Gasteiger partial charge < -0.3 is 14.0 Å². The maximum atomic E-state index is 12.5. The lowest BCUT2D eigenvalue weighted by Gasteiger charge is -2.11. The molecule has 1 aromatic heterocycles. The molecule has 0 saturated heterocycles. The number of para-hydroxylation sites is 1. The summed E-state index contributed by atoms with van der Waals surface area (Å²) in [4.78, 5) is -0.0647. The minimum absolute atomic E-state index is 0.0301. The van der Waals surface area contributed by atoms with Crippen LogP contribution in [0.2, 0.25) is 0 Å². The largest absolute Gasteiger partial charge is 0.508 e. The van der Waals surface area contributed by atoms with E-state index in [9.17, 15) is 13.5 Å². The van der Waals surface area contributed by atoms with Crippen molar-refractivity contribution in [1.82, 2.24) is 0 Å². The van der Waals surface area contributed by atoms with E-state index in [2.05, 4.69) is 22.8 Å². The molecule has 0 bridgehead atoms. The van der Waals surface area contributed by atoms with E-state index in [0.29, 0.717) is 0 Å². The summed E-state index contributed by atoms with van der Waals surface area (Å²) in [5.74, 6) is 0.337. The van der Waals surface area contributed by atoms with Crippen molar-refractivity contribution >= 4 is 33.2 Å². The summed E-state index contributed by atoms with van der Waals surface area (Å²) in [6.45, 7) is 0. The van der Waals surface area contributed by atoms with Gasteiger partial charge in [0.1, 0.15) is 17.7 Å². The number of rotatable bonds is 6. The van der Waals surface area contributed by atoms with E-state index < -0.39 is 10.1 Å². The molecule has 162 valence electrons. The predicted molar refractivity (Wildman–Crippen MR) is 123 cm³/mol. The van der Waals surface area contributed by atoms with Crippen molar-refractivity contribution in [3.63, 3.8) is 0 Å². The number of nitrogens with zero attached hydrogens (tertiary/aromatic N) is 1. The van der Waals surface area contributed by atoms with E-state index in [4.69, 9.17) is 8.92 Å². The summed E-state index contributed by atoms with van der Waals surface area (Å²) in [6, 6.07) is 22.4. The Morgan fingerprint density at radius 1 is 0.875 bits per heavy atom. The molecular weight excluding hydrogens is 426 g/mol. The third-order valence-corrected chi connectivity index (χ3v) is 6.33. The van der Waals surface area contributed by atoms with Gasteiger partial charge in [-0.05, 0) is 60.2 Å². The zero-order valence-electron chi connectivity index (χ0n) is 17.6. The molecular formula is C25H22NO5S+. The summed E-state index contributed by atoms with van der Waals surface area (Å²) in [6.07, 6.45) is 3.90. The van der Waals surface area contributed by atoms with Crippen LogP contribution >= 0.6 is 0 Å². The van der Waals surface area contributed by atoms with Crippen LogP contribution in [0.4, 0.5) is 0 Å². The molecule has 7 heteroatoms. The molecule has 4 rings (SSSR count). The van der Waals surface area contributed by atoms with Crippen LogP contribution in [0, 0.1) is 0 Å². The lowest BCUT2D eigenvalue weighted by atomic mass is 10.1. The number of aryl methyl sites for hydroxylation is 1. The number of aromatic nitrogens is 1. The third kappa shape index (κ3) is 4.43. The second-order valence-electron chi connectivity index (χ2n) is 7.15. The highest BCUT2D eigenvalue weighted by Gasteiger charge is 2.19. The zero-order chi connectivity index (χ0) is 22.7. The number of benzene rings is 3. The van der Waals surface area contributed by atoms with E-state index in [1.165, 1.54) is 31.4 Å². The Hall–Kier alpha value is -3.84. The fourth-order valence-electron chi connectivity index (χ4n) is 3.34. The van der Waals surface area contributed by atoms with E-state index >= 15 is 0 Å². The molecule has 0 fully saturated rings. The fraction of sp³-hybridized carbons (Fsp3) is 0.0800. The Labute approximate surface area is 186 Å². The quantitative estimate of drug-likeness (QED) is 0.351. The highest BCUT2D eigenvalue weighted by Crippen LogP contribution is 2.31. The van der Waals surface area contributed by atoms with E-state index in [1.807, 2.05) is 37.4 Å². The first-order valence-electron chi connectivity index (χ1n) is 9.85. The molecule has 1 N–H and O–H groups in total. The minimum Gasteiger partial charge on any atom is -0.508 e. The van der Waals surface area contributed by atoms with Crippen molar-refractivity contribution in [2.45, 2.75) is 4.90 Å². The van der Waals surface area contributed by atoms with Crippen LogP contribution in [-0.4, -0.2) is 20.6 Å². The Bertz CT molecular complexity index is 1410. The van der Waals surface area contributed by atoms with Gasteiger partial charge in [0.25, 0.3) is 0 Å². The topological polar surface area (TPSA) is 76.7 Å². The van der Waals surface area contributed by atoms with Gasteiger partial charge in [-0.15, -0.1) is 0 Å². The molecule has 1 heterocycles. The molecule has 0 aliphatic rings. The van der Waals surface area contributed by atoms with E-state index in [0.717, 1.165) is 22.2 Å². The van der Waals surface area contributed by atoms with Crippen molar-refractivity contribution in [2.75, 3.05) is 7.11 Å². The summed E-state index contributed by atoms with van der Waals surface area (Å²) in [7, 11) is -0.611. The standard InChI is InChI=1S/C25H21NO5S/c1-26-20(11-9-19-5-3-4-6-23(19)26)10-7-18-8-16-24(25(17-18)30-2)31-32(28,29)22-14-12-21(27)13-15-22/h3-17H,1-2H3/p+1. The number of methoxy groups -OCH3 is 1. The van der Waals surface area contributed by atoms with Crippen molar-refractivity contribution in [1.29, 1.82) is 0 Å². The first-order valence-corrected chi connectivity index (χ1v) is 11.3. The highest BCUT2D eigenvalue weighted by molar-refractivity contribution is 7.87. The normalized spacial score (nSPS) is 11.7. The van der Waals surface area contributed by atoms with Gasteiger partial charge in [-0.1, -0.05) is 18.2 Å². The number of fused-ring (bicyclic) bond motifs is 1. The molecule has 0 atom stereocenters. The van der Waals surface area contributed by atoms with Crippen molar-refractivity contribution in [3.05, 3.63) is 90.1 Å². The van der Waals surface area contributed by atoms with Crippen molar-refractivity contribution in [2.24, 2.45) is 7.05 Å². The lowest BCUT2D eigenvalue weighted by Crippen LogP contribution is -2.32. The molecule has 3 aromatic carbocycles. The van der Waals surface area contributed by atoms with Gasteiger partial charge >= 0.3 is 10.1 Å². The average molecular weight is 449 g/mol. The van der Waals surface area contributed by atoms with E-state index in [-0.39, 0.29) is 22.1 Å². The third-order valence-electron chi connectivity index (χ3n) is 5.08. The maximum absolute atomic E-state index is 12.5. The van der Waals surface area contributed by atoms with Gasteiger partial charge in [-0.25, -0.2) is 0 Å². The molecule has 4 aromatic rings. The summed E-state index contributed by atoms with van der Waals surface area (Å²) < 4.78 is 37.8. The number of pyridine rings is 1. The van der Waals surface area contributed by atoms with Crippen molar-refractivity contribution < 1.29 is 27.0 Å². The molecule has 0 amide bonds. The second-order valence-corrected chi connectivity index (χ2v) is 8.70. The highest BCUT2D eigenvalue weighted by atomic mass is 32.2. The Kier molecular flexibility index (Phi) is 5.83.